The minimum absolute atomic E-state index is 0.161. The summed E-state index contributed by atoms with van der Waals surface area (Å²) in [4.78, 5) is 28.1. The number of cyclic esters (lactones) is 2. The van der Waals surface area contributed by atoms with Gasteiger partial charge in [-0.15, -0.1) is 0 Å². The summed E-state index contributed by atoms with van der Waals surface area (Å²) in [7, 11) is 1.62. The largest absolute Gasteiger partial charge is 0.510 e. The zero-order valence-corrected chi connectivity index (χ0v) is 20.8. The van der Waals surface area contributed by atoms with Gasteiger partial charge in [0.15, 0.2) is 6.10 Å². The second kappa shape index (κ2) is 10.2. The lowest BCUT2D eigenvalue weighted by molar-refractivity contribution is -0.183. The molecule has 194 valence electrons. The molecule has 7 atom stereocenters. The maximum Gasteiger partial charge on any atom is 0.510 e. The lowest BCUT2D eigenvalue weighted by atomic mass is 9.50. The van der Waals surface area contributed by atoms with Crippen LogP contribution in [-0.4, -0.2) is 74.4 Å². The Morgan fingerprint density at radius 3 is 2.69 bits per heavy atom. The van der Waals surface area contributed by atoms with E-state index in [4.69, 9.17) is 18.9 Å². The van der Waals surface area contributed by atoms with Crippen molar-refractivity contribution in [3.05, 3.63) is 0 Å². The van der Waals surface area contributed by atoms with Crippen molar-refractivity contribution in [3.63, 3.8) is 0 Å². The third kappa shape index (κ3) is 4.21. The van der Waals surface area contributed by atoms with Gasteiger partial charge in [-0.3, -0.25) is 4.79 Å². The molecule has 9 heteroatoms. The van der Waals surface area contributed by atoms with E-state index in [2.05, 4.69) is 16.3 Å². The molecule has 5 rings (SSSR count). The summed E-state index contributed by atoms with van der Waals surface area (Å²) >= 11 is 0. The first kappa shape index (κ1) is 24.8. The fourth-order valence-corrected chi connectivity index (χ4v) is 8.19. The molecule has 0 aromatic heterocycles. The van der Waals surface area contributed by atoms with Crippen molar-refractivity contribution < 1.29 is 28.5 Å². The van der Waals surface area contributed by atoms with E-state index in [0.717, 1.165) is 51.5 Å². The number of methoxy groups -OCH3 is 1. The third-order valence-electron chi connectivity index (χ3n) is 9.34. The minimum Gasteiger partial charge on any atom is -0.424 e. The van der Waals surface area contributed by atoms with Gasteiger partial charge in [0.1, 0.15) is 12.9 Å². The van der Waals surface area contributed by atoms with Gasteiger partial charge in [0.2, 0.25) is 12.0 Å². The Labute approximate surface area is 207 Å². The number of nitrogens with zero attached hydrogens (tertiary/aromatic N) is 2. The number of rotatable bonds is 5. The molecule has 0 aromatic carbocycles. The Morgan fingerprint density at radius 1 is 1.14 bits per heavy atom. The first-order chi connectivity index (χ1) is 17.1. The van der Waals surface area contributed by atoms with Gasteiger partial charge in [0.05, 0.1) is 18.2 Å². The van der Waals surface area contributed by atoms with Crippen LogP contribution in [0.25, 0.3) is 0 Å². The Balaban J connectivity index is 1.61. The number of piperidine rings is 1. The highest BCUT2D eigenvalue weighted by atomic mass is 16.8. The van der Waals surface area contributed by atoms with Crippen molar-refractivity contribution in [1.82, 2.24) is 10.2 Å². The fraction of sp³-hybridized carbons (Fsp3) is 0.885. The van der Waals surface area contributed by atoms with Crippen molar-refractivity contribution in [2.45, 2.75) is 94.4 Å². The smallest absolute Gasteiger partial charge is 0.424 e. The Hall–Kier alpha value is -1.89. The van der Waals surface area contributed by atoms with Crippen LogP contribution in [0.4, 0.5) is 4.79 Å². The van der Waals surface area contributed by atoms with Crippen LogP contribution in [0.5, 0.6) is 0 Å². The van der Waals surface area contributed by atoms with Gasteiger partial charge in [-0.05, 0) is 44.1 Å². The SMILES string of the molecule is COCOC[C@@]12CCCCCCCCCC(=O)N3CC[C@@H]4[C@H](CN[C@]4([C@@H]4OC(=O)O[C@H]4C#N)[C@@H]31)C2. The Morgan fingerprint density at radius 2 is 1.91 bits per heavy atom. The monoisotopic (exact) mass is 489 g/mol. The van der Waals surface area contributed by atoms with E-state index < -0.39 is 23.9 Å². The number of hydrogen-bond donors (Lipinski definition) is 1. The maximum atomic E-state index is 13.8. The number of nitriles is 1. The molecule has 35 heavy (non-hydrogen) atoms. The predicted molar refractivity (Wildman–Crippen MR) is 125 cm³/mol. The average Bonchev–Trinajstić information content (AvgIpc) is 3.37. The van der Waals surface area contributed by atoms with Crippen molar-refractivity contribution in [3.8, 4) is 6.07 Å². The van der Waals surface area contributed by atoms with Gasteiger partial charge in [0.25, 0.3) is 0 Å². The highest BCUT2D eigenvalue weighted by molar-refractivity contribution is 5.77. The molecule has 0 unspecified atom stereocenters. The molecule has 9 nitrogen and oxygen atoms in total. The van der Waals surface area contributed by atoms with Gasteiger partial charge in [-0.25, -0.2) is 4.79 Å². The molecular weight excluding hydrogens is 450 g/mol. The molecule has 4 bridgehead atoms. The molecule has 0 aromatic rings. The summed E-state index contributed by atoms with van der Waals surface area (Å²) < 4.78 is 22.4. The van der Waals surface area contributed by atoms with E-state index in [-0.39, 0.29) is 30.1 Å². The molecule has 4 heterocycles. The fourth-order valence-electron chi connectivity index (χ4n) is 8.19. The highest BCUT2D eigenvalue weighted by Crippen LogP contribution is 2.61. The molecule has 1 amide bonds. The second-order valence-electron chi connectivity index (χ2n) is 11.2. The molecule has 1 saturated carbocycles. The van der Waals surface area contributed by atoms with Crippen molar-refractivity contribution in [2.75, 3.05) is 33.6 Å². The second-order valence-corrected chi connectivity index (χ2v) is 11.2. The van der Waals surface area contributed by atoms with E-state index in [0.29, 0.717) is 25.5 Å². The summed E-state index contributed by atoms with van der Waals surface area (Å²) in [5.41, 5.74) is -1.04. The quantitative estimate of drug-likeness (QED) is 0.356. The van der Waals surface area contributed by atoms with Crippen LogP contribution < -0.4 is 5.32 Å². The summed E-state index contributed by atoms with van der Waals surface area (Å²) in [6.45, 7) is 2.14. The van der Waals surface area contributed by atoms with Crippen LogP contribution in [0, 0.1) is 28.6 Å². The maximum absolute atomic E-state index is 13.8. The molecule has 0 spiro atoms. The molecule has 1 aliphatic carbocycles. The van der Waals surface area contributed by atoms with Crippen LogP contribution in [0.15, 0.2) is 0 Å². The van der Waals surface area contributed by atoms with Crippen molar-refractivity contribution in [2.24, 2.45) is 17.3 Å². The van der Waals surface area contributed by atoms with Crippen LogP contribution in [0.3, 0.4) is 0 Å². The van der Waals surface area contributed by atoms with E-state index in [1.54, 1.807) is 7.11 Å². The number of nitrogens with one attached hydrogen (secondary N) is 1. The van der Waals surface area contributed by atoms with Crippen LogP contribution >= 0.6 is 0 Å². The summed E-state index contributed by atoms with van der Waals surface area (Å²) in [6.07, 6.45) is 8.47. The zero-order chi connectivity index (χ0) is 24.5. The van der Waals surface area contributed by atoms with Crippen molar-refractivity contribution in [1.29, 1.82) is 5.26 Å². The van der Waals surface area contributed by atoms with Crippen LogP contribution in [-0.2, 0) is 23.7 Å². The number of carbonyl (C=O) groups excluding carboxylic acids is 2. The topological polar surface area (TPSA) is 110 Å². The summed E-state index contributed by atoms with van der Waals surface area (Å²) in [5.74, 6) is 0.733. The molecule has 4 saturated heterocycles. The highest BCUT2D eigenvalue weighted by Gasteiger charge is 2.73. The number of ether oxygens (including phenoxy) is 4. The molecule has 4 aliphatic heterocycles. The summed E-state index contributed by atoms with van der Waals surface area (Å²) in [5, 5.41) is 13.7. The molecule has 1 N–H and O–H groups in total. The Bertz CT molecular complexity index is 847. The number of hydrogen-bond acceptors (Lipinski definition) is 8. The minimum atomic E-state index is -0.994. The first-order valence-electron chi connectivity index (χ1n) is 13.4. The lowest BCUT2D eigenvalue weighted by Gasteiger charge is -2.63. The van der Waals surface area contributed by atoms with Gasteiger partial charge in [0, 0.05) is 25.5 Å². The van der Waals surface area contributed by atoms with Gasteiger partial charge in [-0.1, -0.05) is 38.5 Å². The van der Waals surface area contributed by atoms with Gasteiger partial charge < -0.3 is 29.2 Å². The third-order valence-corrected chi connectivity index (χ3v) is 9.34. The normalized spacial score (nSPS) is 41.7. The first-order valence-corrected chi connectivity index (χ1v) is 13.4. The average molecular weight is 490 g/mol. The van der Waals surface area contributed by atoms with Gasteiger partial charge >= 0.3 is 6.16 Å². The number of amides is 1. The predicted octanol–water partition coefficient (Wildman–Crippen LogP) is 3.12. The molecule has 5 fully saturated rings. The van der Waals surface area contributed by atoms with E-state index in [1.807, 2.05) is 0 Å². The van der Waals surface area contributed by atoms with E-state index >= 15 is 0 Å². The number of carbonyl (C=O) groups is 2. The molecular formula is C26H39N3O6. The molecule has 5 aliphatic rings. The van der Waals surface area contributed by atoms with E-state index in [9.17, 15) is 14.9 Å². The lowest BCUT2D eigenvalue weighted by Crippen LogP contribution is -2.78. The van der Waals surface area contributed by atoms with Crippen LogP contribution in [0.1, 0.15) is 70.6 Å². The summed E-state index contributed by atoms with van der Waals surface area (Å²) in [6, 6.07) is 1.92. The standard InChI is InChI=1S/C26H39N3O6/c1-32-17-33-16-25-11-8-6-4-2-3-5-7-9-21(30)29-12-10-19-18(13-25)15-28-26(19,23(25)29)22-20(14-27)34-24(31)35-22/h18-20,22-23,28H,2-13,15-17H2,1H3/t18-,19+,20-,22+,23-,25-,26+/m0/s1. The van der Waals surface area contributed by atoms with E-state index in [1.165, 1.54) is 19.3 Å². The van der Waals surface area contributed by atoms with Gasteiger partial charge in [-0.2, -0.15) is 5.26 Å². The van der Waals surface area contributed by atoms with Crippen molar-refractivity contribution >= 4 is 12.1 Å². The zero-order valence-electron chi connectivity index (χ0n) is 20.8. The Kier molecular flexibility index (Phi) is 7.25. The van der Waals surface area contributed by atoms with Crippen LogP contribution in [0.2, 0.25) is 0 Å². The molecule has 0 radical (unpaired) electrons.